The van der Waals surface area contributed by atoms with Gasteiger partial charge >= 0.3 is 5.97 Å². The highest BCUT2D eigenvalue weighted by atomic mass is 16.5. The fourth-order valence-corrected chi connectivity index (χ4v) is 1.29. The maximum absolute atomic E-state index is 11.6. The molecule has 1 aromatic rings. The minimum absolute atomic E-state index is 0.178. The molecule has 1 aromatic carbocycles. The van der Waals surface area contributed by atoms with E-state index in [9.17, 15) is 4.79 Å². The lowest BCUT2D eigenvalue weighted by atomic mass is 10.2. The molecule has 0 saturated heterocycles. The predicted octanol–water partition coefficient (Wildman–Crippen LogP) is 3.20. The van der Waals surface area contributed by atoms with Gasteiger partial charge < -0.3 is 4.74 Å². The average Bonchev–Trinajstić information content (AvgIpc) is 2.29. The Morgan fingerprint density at radius 3 is 2.67 bits per heavy atom. The lowest BCUT2D eigenvalue weighted by Crippen LogP contribution is -2.15. The van der Waals surface area contributed by atoms with Crippen LogP contribution in [0.2, 0.25) is 0 Å². The minimum Gasteiger partial charge on any atom is -0.455 e. The van der Waals surface area contributed by atoms with Crippen molar-refractivity contribution < 1.29 is 9.53 Å². The van der Waals surface area contributed by atoms with Crippen LogP contribution in [0.5, 0.6) is 0 Å². The summed E-state index contributed by atoms with van der Waals surface area (Å²) in [6.45, 7) is 5.70. The van der Waals surface area contributed by atoms with Crippen molar-refractivity contribution >= 4 is 5.97 Å². The molecule has 0 spiro atoms. The molecule has 0 heterocycles. The molecular weight excluding hydrogens is 188 g/mol. The van der Waals surface area contributed by atoms with Crippen LogP contribution < -0.4 is 0 Å². The quantitative estimate of drug-likeness (QED) is 0.544. The SMILES string of the molecule is C=C[C@@H](CCC)OC(=O)c1ccccc1. The van der Waals surface area contributed by atoms with E-state index in [1.165, 1.54) is 0 Å². The van der Waals surface area contributed by atoms with Crippen molar-refractivity contribution in [3.05, 3.63) is 48.6 Å². The van der Waals surface area contributed by atoms with E-state index < -0.39 is 0 Å². The van der Waals surface area contributed by atoms with Gasteiger partial charge in [-0.15, -0.1) is 0 Å². The summed E-state index contributed by atoms with van der Waals surface area (Å²) in [5.41, 5.74) is 0.584. The first-order chi connectivity index (χ1) is 7.27. The molecule has 0 saturated carbocycles. The van der Waals surface area contributed by atoms with E-state index >= 15 is 0 Å². The highest BCUT2D eigenvalue weighted by Gasteiger charge is 2.11. The van der Waals surface area contributed by atoms with Crippen LogP contribution in [0.4, 0.5) is 0 Å². The smallest absolute Gasteiger partial charge is 0.338 e. The van der Waals surface area contributed by atoms with Crippen molar-refractivity contribution in [3.63, 3.8) is 0 Å². The first-order valence-electron chi connectivity index (χ1n) is 5.16. The zero-order valence-electron chi connectivity index (χ0n) is 8.98. The monoisotopic (exact) mass is 204 g/mol. The summed E-state index contributed by atoms with van der Waals surface area (Å²) in [7, 11) is 0. The summed E-state index contributed by atoms with van der Waals surface area (Å²) in [5, 5.41) is 0. The molecule has 80 valence electrons. The summed E-state index contributed by atoms with van der Waals surface area (Å²) in [4.78, 5) is 11.6. The van der Waals surface area contributed by atoms with Crippen LogP contribution in [0.3, 0.4) is 0 Å². The molecule has 0 aliphatic carbocycles. The van der Waals surface area contributed by atoms with Crippen LogP contribution in [-0.2, 0) is 4.74 Å². The van der Waals surface area contributed by atoms with Gasteiger partial charge in [0.05, 0.1) is 5.56 Å². The Hall–Kier alpha value is -1.57. The van der Waals surface area contributed by atoms with Gasteiger partial charge in [-0.3, -0.25) is 0 Å². The predicted molar refractivity (Wildman–Crippen MR) is 60.8 cm³/mol. The Balaban J connectivity index is 2.58. The molecule has 0 N–H and O–H groups in total. The second-order valence-corrected chi connectivity index (χ2v) is 3.33. The number of benzene rings is 1. The van der Waals surface area contributed by atoms with E-state index in [0.717, 1.165) is 12.8 Å². The molecular formula is C13H16O2. The summed E-state index contributed by atoms with van der Waals surface area (Å²) in [6.07, 6.45) is 3.29. The topological polar surface area (TPSA) is 26.3 Å². The standard InChI is InChI=1S/C13H16O2/c1-3-8-12(4-2)15-13(14)11-9-6-5-7-10-11/h4-7,9-10,12H,2-3,8H2,1H3/t12-/m0/s1. The lowest BCUT2D eigenvalue weighted by molar-refractivity contribution is 0.0380. The highest BCUT2D eigenvalue weighted by Crippen LogP contribution is 2.08. The van der Waals surface area contributed by atoms with Crippen LogP contribution >= 0.6 is 0 Å². The normalized spacial score (nSPS) is 11.8. The van der Waals surface area contributed by atoms with E-state index in [1.54, 1.807) is 18.2 Å². The van der Waals surface area contributed by atoms with Crippen molar-refractivity contribution in [1.82, 2.24) is 0 Å². The third-order valence-electron chi connectivity index (χ3n) is 2.10. The number of carbonyl (C=O) groups excluding carboxylic acids is 1. The Bertz CT molecular complexity index is 317. The second kappa shape index (κ2) is 6.02. The maximum Gasteiger partial charge on any atom is 0.338 e. The van der Waals surface area contributed by atoms with Gasteiger partial charge in [0, 0.05) is 0 Å². The Kier molecular flexibility index (Phi) is 4.61. The fraction of sp³-hybridized carbons (Fsp3) is 0.308. The summed E-state index contributed by atoms with van der Waals surface area (Å²) in [5.74, 6) is -0.283. The largest absolute Gasteiger partial charge is 0.455 e. The molecule has 0 amide bonds. The van der Waals surface area contributed by atoms with Crippen LogP contribution in [-0.4, -0.2) is 12.1 Å². The zero-order chi connectivity index (χ0) is 11.1. The van der Waals surface area contributed by atoms with Crippen LogP contribution in [0.15, 0.2) is 43.0 Å². The van der Waals surface area contributed by atoms with Crippen molar-refractivity contribution in [2.24, 2.45) is 0 Å². The molecule has 0 radical (unpaired) electrons. The van der Waals surface area contributed by atoms with Crippen LogP contribution in [0, 0.1) is 0 Å². The molecule has 15 heavy (non-hydrogen) atoms. The van der Waals surface area contributed by atoms with Crippen LogP contribution in [0.1, 0.15) is 30.1 Å². The van der Waals surface area contributed by atoms with Gasteiger partial charge in [0.25, 0.3) is 0 Å². The van der Waals surface area contributed by atoms with Crippen LogP contribution in [0.25, 0.3) is 0 Å². The molecule has 0 aromatic heterocycles. The highest BCUT2D eigenvalue weighted by molar-refractivity contribution is 5.89. The summed E-state index contributed by atoms with van der Waals surface area (Å²) < 4.78 is 5.27. The van der Waals surface area contributed by atoms with Crippen molar-refractivity contribution in [1.29, 1.82) is 0 Å². The average molecular weight is 204 g/mol. The van der Waals surface area contributed by atoms with Gasteiger partial charge in [-0.25, -0.2) is 4.79 Å². The van der Waals surface area contributed by atoms with Gasteiger partial charge in [0.15, 0.2) is 0 Å². The first-order valence-corrected chi connectivity index (χ1v) is 5.16. The first kappa shape index (κ1) is 11.5. The van der Waals surface area contributed by atoms with Gasteiger partial charge in [-0.1, -0.05) is 44.2 Å². The molecule has 1 rings (SSSR count). The Morgan fingerprint density at radius 2 is 2.13 bits per heavy atom. The summed E-state index contributed by atoms with van der Waals surface area (Å²) >= 11 is 0. The van der Waals surface area contributed by atoms with Crippen molar-refractivity contribution in [3.8, 4) is 0 Å². The van der Waals surface area contributed by atoms with Crippen molar-refractivity contribution in [2.75, 3.05) is 0 Å². The number of hydrogen-bond donors (Lipinski definition) is 0. The third-order valence-corrected chi connectivity index (χ3v) is 2.10. The minimum atomic E-state index is -0.283. The number of carbonyl (C=O) groups is 1. The second-order valence-electron chi connectivity index (χ2n) is 3.33. The summed E-state index contributed by atoms with van der Waals surface area (Å²) in [6, 6.07) is 9.00. The van der Waals surface area contributed by atoms with E-state index in [-0.39, 0.29) is 12.1 Å². The van der Waals surface area contributed by atoms with E-state index in [1.807, 2.05) is 25.1 Å². The third kappa shape index (κ3) is 3.58. The molecule has 0 bridgehead atoms. The van der Waals surface area contributed by atoms with E-state index in [2.05, 4.69) is 6.58 Å². The molecule has 0 unspecified atom stereocenters. The van der Waals surface area contributed by atoms with E-state index in [0.29, 0.717) is 5.56 Å². The van der Waals surface area contributed by atoms with Crippen molar-refractivity contribution in [2.45, 2.75) is 25.9 Å². The lowest BCUT2D eigenvalue weighted by Gasteiger charge is -2.12. The number of hydrogen-bond acceptors (Lipinski definition) is 2. The fourth-order valence-electron chi connectivity index (χ4n) is 1.29. The molecule has 2 nitrogen and oxygen atoms in total. The molecule has 0 aliphatic heterocycles. The van der Waals surface area contributed by atoms with Gasteiger partial charge in [0.2, 0.25) is 0 Å². The number of esters is 1. The Labute approximate surface area is 90.6 Å². The number of ether oxygens (including phenoxy) is 1. The molecule has 1 atom stereocenters. The zero-order valence-corrected chi connectivity index (χ0v) is 8.98. The van der Waals surface area contributed by atoms with E-state index in [4.69, 9.17) is 4.74 Å². The Morgan fingerprint density at radius 1 is 1.47 bits per heavy atom. The maximum atomic E-state index is 11.6. The van der Waals surface area contributed by atoms with Gasteiger partial charge in [-0.05, 0) is 18.6 Å². The molecule has 2 heteroatoms. The number of rotatable bonds is 5. The van der Waals surface area contributed by atoms with Gasteiger partial charge in [0.1, 0.15) is 6.10 Å². The molecule has 0 aliphatic rings. The van der Waals surface area contributed by atoms with Gasteiger partial charge in [-0.2, -0.15) is 0 Å². The molecule has 0 fully saturated rings.